The maximum Gasteiger partial charge on any atom is 0.416 e. The van der Waals surface area contributed by atoms with Gasteiger partial charge in [0, 0.05) is 0 Å². The van der Waals surface area contributed by atoms with Crippen molar-refractivity contribution in [3.05, 3.63) is 83.4 Å². The lowest BCUT2D eigenvalue weighted by atomic mass is 9.87. The third-order valence-electron chi connectivity index (χ3n) is 4.21. The SMILES string of the molecule is CCOC(=O)C(c1ccc2ccccc2c1)c1ccccc1C(F)(F)F. The molecule has 0 spiro atoms. The van der Waals surface area contributed by atoms with Crippen LogP contribution < -0.4 is 0 Å². The van der Waals surface area contributed by atoms with Gasteiger partial charge in [-0.15, -0.1) is 0 Å². The van der Waals surface area contributed by atoms with Crippen molar-refractivity contribution in [3.63, 3.8) is 0 Å². The van der Waals surface area contributed by atoms with Crippen LogP contribution >= 0.6 is 0 Å². The summed E-state index contributed by atoms with van der Waals surface area (Å²) in [6.45, 7) is 1.72. The van der Waals surface area contributed by atoms with Gasteiger partial charge in [-0.3, -0.25) is 4.79 Å². The molecular weight excluding hydrogens is 341 g/mol. The van der Waals surface area contributed by atoms with Gasteiger partial charge in [-0.1, -0.05) is 54.6 Å². The highest BCUT2D eigenvalue weighted by Crippen LogP contribution is 2.38. The van der Waals surface area contributed by atoms with Gasteiger partial charge >= 0.3 is 12.1 Å². The molecule has 1 unspecified atom stereocenters. The number of rotatable bonds is 4. The van der Waals surface area contributed by atoms with E-state index in [1.165, 1.54) is 18.2 Å². The quantitative estimate of drug-likeness (QED) is 0.571. The monoisotopic (exact) mass is 358 g/mol. The zero-order chi connectivity index (χ0) is 18.7. The molecule has 3 rings (SSSR count). The van der Waals surface area contributed by atoms with Crippen LogP contribution in [0.25, 0.3) is 10.8 Å². The number of hydrogen-bond acceptors (Lipinski definition) is 2. The van der Waals surface area contributed by atoms with Gasteiger partial charge in [0.1, 0.15) is 5.92 Å². The van der Waals surface area contributed by atoms with E-state index in [2.05, 4.69) is 0 Å². The van der Waals surface area contributed by atoms with Crippen molar-refractivity contribution in [2.45, 2.75) is 19.0 Å². The second-order valence-corrected chi connectivity index (χ2v) is 5.88. The number of hydrogen-bond donors (Lipinski definition) is 0. The Bertz CT molecular complexity index is 932. The molecule has 0 bridgehead atoms. The van der Waals surface area contributed by atoms with Crippen LogP contribution in [0.4, 0.5) is 13.2 Å². The molecule has 0 amide bonds. The molecule has 0 N–H and O–H groups in total. The van der Waals surface area contributed by atoms with Crippen molar-refractivity contribution in [1.82, 2.24) is 0 Å². The number of carbonyl (C=O) groups excluding carboxylic acids is 1. The molecule has 2 nitrogen and oxygen atoms in total. The fraction of sp³-hybridized carbons (Fsp3) is 0.190. The van der Waals surface area contributed by atoms with E-state index in [-0.39, 0.29) is 12.2 Å². The van der Waals surface area contributed by atoms with Gasteiger partial charge in [0.2, 0.25) is 0 Å². The minimum atomic E-state index is -4.56. The van der Waals surface area contributed by atoms with E-state index in [9.17, 15) is 18.0 Å². The van der Waals surface area contributed by atoms with Gasteiger partial charge in [-0.05, 0) is 41.0 Å². The summed E-state index contributed by atoms with van der Waals surface area (Å²) in [5.74, 6) is -1.84. The molecule has 0 heterocycles. The molecule has 0 radical (unpaired) electrons. The Morgan fingerprint density at radius 2 is 1.62 bits per heavy atom. The average Bonchev–Trinajstić information content (AvgIpc) is 2.62. The summed E-state index contributed by atoms with van der Waals surface area (Å²) in [5.41, 5.74) is -0.459. The van der Waals surface area contributed by atoms with Crippen LogP contribution in [0.1, 0.15) is 29.5 Å². The fourth-order valence-electron chi connectivity index (χ4n) is 3.06. The second kappa shape index (κ2) is 7.20. The van der Waals surface area contributed by atoms with Crippen molar-refractivity contribution in [2.75, 3.05) is 6.61 Å². The van der Waals surface area contributed by atoms with E-state index < -0.39 is 23.6 Å². The van der Waals surface area contributed by atoms with Crippen LogP contribution in [-0.2, 0) is 15.7 Å². The first-order valence-electron chi connectivity index (χ1n) is 8.23. The van der Waals surface area contributed by atoms with Crippen LogP contribution in [0.5, 0.6) is 0 Å². The average molecular weight is 358 g/mol. The third kappa shape index (κ3) is 3.57. The van der Waals surface area contributed by atoms with E-state index in [0.717, 1.165) is 16.8 Å². The number of halogens is 3. The minimum Gasteiger partial charge on any atom is -0.465 e. The molecular formula is C21H17F3O2. The normalized spacial score (nSPS) is 12.8. The van der Waals surface area contributed by atoms with Crippen LogP contribution in [0.3, 0.4) is 0 Å². The van der Waals surface area contributed by atoms with E-state index >= 15 is 0 Å². The molecule has 0 aliphatic rings. The fourth-order valence-corrected chi connectivity index (χ4v) is 3.06. The lowest BCUT2D eigenvalue weighted by Gasteiger charge is -2.21. The van der Waals surface area contributed by atoms with Gasteiger partial charge < -0.3 is 4.74 Å². The Labute approximate surface area is 149 Å². The summed E-state index contributed by atoms with van der Waals surface area (Å²) in [5, 5.41) is 1.80. The number of alkyl halides is 3. The first-order chi connectivity index (χ1) is 12.4. The van der Waals surface area contributed by atoms with Gasteiger partial charge in [0.25, 0.3) is 0 Å². The summed E-state index contributed by atoms with van der Waals surface area (Å²) in [4.78, 5) is 12.6. The molecule has 134 valence electrons. The van der Waals surface area contributed by atoms with Crippen molar-refractivity contribution in [2.24, 2.45) is 0 Å². The standard InChI is InChI=1S/C21H17F3O2/c1-2-26-20(25)19(17-9-5-6-10-18(17)21(22,23)24)16-12-11-14-7-3-4-8-15(14)13-16/h3-13,19H,2H2,1H3. The highest BCUT2D eigenvalue weighted by atomic mass is 19.4. The Balaban J connectivity index is 2.19. The first-order valence-corrected chi connectivity index (χ1v) is 8.23. The zero-order valence-electron chi connectivity index (χ0n) is 14.1. The Morgan fingerprint density at radius 3 is 2.31 bits per heavy atom. The molecule has 0 aromatic heterocycles. The molecule has 26 heavy (non-hydrogen) atoms. The van der Waals surface area contributed by atoms with Crippen LogP contribution in [0, 0.1) is 0 Å². The van der Waals surface area contributed by atoms with E-state index in [1.807, 2.05) is 24.3 Å². The van der Waals surface area contributed by atoms with Gasteiger partial charge in [-0.25, -0.2) is 0 Å². The molecule has 0 saturated heterocycles. The maximum atomic E-state index is 13.5. The van der Waals surface area contributed by atoms with Gasteiger partial charge in [0.05, 0.1) is 12.2 Å². The number of ether oxygens (including phenoxy) is 1. The van der Waals surface area contributed by atoms with Crippen LogP contribution in [0.2, 0.25) is 0 Å². The summed E-state index contributed by atoms with van der Waals surface area (Å²) < 4.78 is 45.5. The van der Waals surface area contributed by atoms with E-state index in [1.54, 1.807) is 25.1 Å². The van der Waals surface area contributed by atoms with Crippen LogP contribution in [-0.4, -0.2) is 12.6 Å². The Morgan fingerprint density at radius 1 is 0.962 bits per heavy atom. The lowest BCUT2D eigenvalue weighted by Crippen LogP contribution is -2.21. The predicted octanol–water partition coefficient (Wildman–Crippen LogP) is 5.55. The topological polar surface area (TPSA) is 26.3 Å². The molecule has 0 aliphatic heterocycles. The summed E-state index contributed by atoms with van der Waals surface area (Å²) in [6.07, 6.45) is -4.56. The van der Waals surface area contributed by atoms with Crippen LogP contribution in [0.15, 0.2) is 66.7 Å². The zero-order valence-corrected chi connectivity index (χ0v) is 14.1. The summed E-state index contributed by atoms with van der Waals surface area (Å²) >= 11 is 0. The smallest absolute Gasteiger partial charge is 0.416 e. The molecule has 1 atom stereocenters. The Hall–Kier alpha value is -2.82. The van der Waals surface area contributed by atoms with E-state index in [0.29, 0.717) is 5.56 Å². The number of fused-ring (bicyclic) bond motifs is 1. The number of esters is 1. The van der Waals surface area contributed by atoms with Crippen molar-refractivity contribution >= 4 is 16.7 Å². The molecule has 3 aromatic rings. The summed E-state index contributed by atoms with van der Waals surface area (Å²) in [7, 11) is 0. The van der Waals surface area contributed by atoms with Crippen molar-refractivity contribution < 1.29 is 22.7 Å². The number of benzene rings is 3. The molecule has 3 aromatic carbocycles. The maximum absolute atomic E-state index is 13.5. The molecule has 0 aliphatic carbocycles. The predicted molar refractivity (Wildman–Crippen MR) is 93.9 cm³/mol. The second-order valence-electron chi connectivity index (χ2n) is 5.88. The van der Waals surface area contributed by atoms with Gasteiger partial charge in [0.15, 0.2) is 0 Å². The highest BCUT2D eigenvalue weighted by Gasteiger charge is 2.37. The lowest BCUT2D eigenvalue weighted by molar-refractivity contribution is -0.145. The first kappa shape index (κ1) is 18.0. The van der Waals surface area contributed by atoms with E-state index in [4.69, 9.17) is 4.74 Å². The van der Waals surface area contributed by atoms with Crippen molar-refractivity contribution in [1.29, 1.82) is 0 Å². The highest BCUT2D eigenvalue weighted by molar-refractivity contribution is 5.87. The molecule has 5 heteroatoms. The third-order valence-corrected chi connectivity index (χ3v) is 4.21. The van der Waals surface area contributed by atoms with Gasteiger partial charge in [-0.2, -0.15) is 13.2 Å². The molecule has 0 saturated carbocycles. The Kier molecular flexibility index (Phi) is 4.98. The minimum absolute atomic E-state index is 0.0943. The largest absolute Gasteiger partial charge is 0.465 e. The summed E-state index contributed by atoms with van der Waals surface area (Å²) in [6, 6.07) is 17.8. The molecule has 0 fully saturated rings. The van der Waals surface area contributed by atoms with Crippen molar-refractivity contribution in [3.8, 4) is 0 Å². The number of carbonyl (C=O) groups is 1.